The van der Waals surface area contributed by atoms with E-state index in [1.165, 1.54) is 5.56 Å². The lowest BCUT2D eigenvalue weighted by molar-refractivity contribution is 0.0193. The zero-order valence-corrected chi connectivity index (χ0v) is 30.4. The Morgan fingerprint density at radius 3 is 2.42 bits per heavy atom. The molecule has 0 saturated carbocycles. The summed E-state index contributed by atoms with van der Waals surface area (Å²) in [6.45, 7) is 6.32. The topological polar surface area (TPSA) is 75.8 Å². The summed E-state index contributed by atoms with van der Waals surface area (Å²) in [5.41, 5.74) is 7.93. The molecule has 10 heteroatoms. The molecule has 3 aromatic heterocycles. The molecule has 5 heterocycles. The Balaban J connectivity index is 1.18. The van der Waals surface area contributed by atoms with Gasteiger partial charge < -0.3 is 18.8 Å². The van der Waals surface area contributed by atoms with E-state index in [0.29, 0.717) is 47.2 Å². The number of benzene rings is 3. The van der Waals surface area contributed by atoms with E-state index in [1.54, 1.807) is 17.2 Å². The molecule has 0 bridgehead atoms. The molecule has 2 aliphatic rings. The number of nitrogens with zero attached hydrogens (tertiary/aromatic N) is 6. The highest BCUT2D eigenvalue weighted by atomic mass is 35.5. The average molecular weight is 713 g/mol. The number of morpholine rings is 1. The van der Waals surface area contributed by atoms with Crippen LogP contribution in [-0.4, -0.2) is 74.6 Å². The van der Waals surface area contributed by atoms with Crippen LogP contribution < -0.4 is 4.90 Å². The number of halogens is 1. The molecular formula is C42H41ClN6O3. The zero-order chi connectivity index (χ0) is 35.9. The summed E-state index contributed by atoms with van der Waals surface area (Å²) in [7, 11) is 3.88. The molecule has 52 heavy (non-hydrogen) atoms. The van der Waals surface area contributed by atoms with Gasteiger partial charge in [0.05, 0.1) is 30.7 Å². The number of anilines is 2. The van der Waals surface area contributed by atoms with Gasteiger partial charge in [-0.05, 0) is 73.0 Å². The van der Waals surface area contributed by atoms with Crippen LogP contribution in [0.15, 0.2) is 103 Å². The monoisotopic (exact) mass is 712 g/mol. The summed E-state index contributed by atoms with van der Waals surface area (Å²) in [4.78, 5) is 40.4. The third-order valence-electron chi connectivity index (χ3n) is 10.6. The van der Waals surface area contributed by atoms with E-state index in [2.05, 4.69) is 23.1 Å². The molecule has 0 unspecified atom stereocenters. The van der Waals surface area contributed by atoms with Crippen molar-refractivity contribution < 1.29 is 14.3 Å². The minimum absolute atomic E-state index is 0.00805. The predicted octanol–water partition coefficient (Wildman–Crippen LogP) is 7.42. The quantitative estimate of drug-likeness (QED) is 0.172. The van der Waals surface area contributed by atoms with Crippen LogP contribution in [0.1, 0.15) is 37.5 Å². The first-order valence-electron chi connectivity index (χ1n) is 17.7. The van der Waals surface area contributed by atoms with Gasteiger partial charge in [-0.15, -0.1) is 0 Å². The van der Waals surface area contributed by atoms with E-state index in [9.17, 15) is 9.59 Å². The second kappa shape index (κ2) is 14.1. The summed E-state index contributed by atoms with van der Waals surface area (Å²) in [5, 5.41) is 1.45. The second-order valence-electron chi connectivity index (χ2n) is 13.8. The van der Waals surface area contributed by atoms with Crippen molar-refractivity contribution in [1.29, 1.82) is 0 Å². The van der Waals surface area contributed by atoms with Gasteiger partial charge in [0.25, 0.3) is 11.8 Å². The van der Waals surface area contributed by atoms with Gasteiger partial charge in [-0.3, -0.25) is 19.4 Å². The van der Waals surface area contributed by atoms with E-state index in [-0.39, 0.29) is 17.9 Å². The third-order valence-corrected chi connectivity index (χ3v) is 10.8. The summed E-state index contributed by atoms with van der Waals surface area (Å²) < 4.78 is 9.56. The first kappa shape index (κ1) is 33.9. The fraction of sp³-hybridized carbons (Fsp3) is 0.262. The molecule has 2 amide bonds. The van der Waals surface area contributed by atoms with Crippen LogP contribution in [0.5, 0.6) is 0 Å². The van der Waals surface area contributed by atoms with Crippen LogP contribution >= 0.6 is 11.6 Å². The molecule has 1 saturated heterocycles. The number of carbonyl (C=O) groups excluding carboxylic acids is 2. The van der Waals surface area contributed by atoms with Crippen molar-refractivity contribution >= 4 is 45.8 Å². The van der Waals surface area contributed by atoms with E-state index in [1.807, 2.05) is 108 Å². The maximum absolute atomic E-state index is 14.8. The van der Waals surface area contributed by atoms with Crippen LogP contribution in [0.2, 0.25) is 5.02 Å². The van der Waals surface area contributed by atoms with Crippen molar-refractivity contribution in [2.75, 3.05) is 37.7 Å². The molecule has 0 N–H and O–H groups in total. The molecule has 264 valence electrons. The van der Waals surface area contributed by atoms with Crippen molar-refractivity contribution in [2.24, 2.45) is 14.1 Å². The summed E-state index contributed by atoms with van der Waals surface area (Å²) in [5.74, 6) is -0.255. The minimum atomic E-state index is -0.198. The predicted molar refractivity (Wildman–Crippen MR) is 205 cm³/mol. The number of hydrogen-bond donors (Lipinski definition) is 0. The molecule has 3 aromatic carbocycles. The highest BCUT2D eigenvalue weighted by Gasteiger charge is 2.34. The molecule has 6 aromatic rings. The normalized spacial score (nSPS) is 16.2. The van der Waals surface area contributed by atoms with Gasteiger partial charge in [-0.1, -0.05) is 54.1 Å². The molecule has 0 radical (unpaired) electrons. The fourth-order valence-corrected chi connectivity index (χ4v) is 7.83. The van der Waals surface area contributed by atoms with Gasteiger partial charge in [0.2, 0.25) is 0 Å². The van der Waals surface area contributed by atoms with E-state index < -0.39 is 0 Å². The average Bonchev–Trinajstić information content (AvgIpc) is 3.69. The Morgan fingerprint density at radius 1 is 0.885 bits per heavy atom. The van der Waals surface area contributed by atoms with E-state index in [4.69, 9.17) is 21.3 Å². The van der Waals surface area contributed by atoms with Gasteiger partial charge >= 0.3 is 0 Å². The Morgan fingerprint density at radius 2 is 1.63 bits per heavy atom. The molecule has 2 aliphatic heterocycles. The first-order chi connectivity index (χ1) is 25.3. The zero-order valence-electron chi connectivity index (χ0n) is 29.6. The van der Waals surface area contributed by atoms with Gasteiger partial charge in [0.1, 0.15) is 5.65 Å². The Bertz CT molecular complexity index is 2290. The van der Waals surface area contributed by atoms with Crippen LogP contribution in [0.4, 0.5) is 11.4 Å². The van der Waals surface area contributed by atoms with Gasteiger partial charge in [-0.2, -0.15) is 0 Å². The van der Waals surface area contributed by atoms with Crippen molar-refractivity contribution in [2.45, 2.75) is 25.9 Å². The van der Waals surface area contributed by atoms with Gasteiger partial charge in [0.15, 0.2) is 0 Å². The highest BCUT2D eigenvalue weighted by Crippen LogP contribution is 2.36. The molecule has 8 rings (SSSR count). The number of aryl methyl sites for hydroxylation is 1. The SMILES string of the molecule is Cc1c(C(=O)N(c2ccccc2)c2cnc3c(ccn3C)c2)cc(-c2cc(Cl)ccc2C(=O)N2Cc3ccccc3C[C@H]2CN2CCOCC2)n1C. The first-order valence-corrected chi connectivity index (χ1v) is 18.1. The van der Waals surface area contributed by atoms with Crippen LogP contribution in [0, 0.1) is 6.92 Å². The number of ether oxygens (including phenoxy) is 1. The van der Waals surface area contributed by atoms with Crippen LogP contribution in [0.3, 0.4) is 0 Å². The lowest BCUT2D eigenvalue weighted by atomic mass is 9.92. The van der Waals surface area contributed by atoms with Crippen LogP contribution in [0.25, 0.3) is 22.3 Å². The smallest absolute Gasteiger partial charge is 0.264 e. The van der Waals surface area contributed by atoms with Crippen molar-refractivity contribution in [3.05, 3.63) is 136 Å². The Kier molecular flexibility index (Phi) is 9.17. The van der Waals surface area contributed by atoms with Crippen LogP contribution in [-0.2, 0) is 31.8 Å². The molecule has 0 spiro atoms. The largest absolute Gasteiger partial charge is 0.379 e. The van der Waals surface area contributed by atoms with E-state index >= 15 is 0 Å². The van der Waals surface area contributed by atoms with Crippen molar-refractivity contribution in [3.63, 3.8) is 0 Å². The van der Waals surface area contributed by atoms with Crippen molar-refractivity contribution in [3.8, 4) is 11.3 Å². The number of hydrogen-bond acceptors (Lipinski definition) is 5. The maximum atomic E-state index is 14.8. The van der Waals surface area contributed by atoms with Crippen molar-refractivity contribution in [1.82, 2.24) is 23.9 Å². The number of carbonyl (C=O) groups is 2. The summed E-state index contributed by atoms with van der Waals surface area (Å²) in [6, 6.07) is 29.3. The lowest BCUT2D eigenvalue weighted by Gasteiger charge is -2.40. The molecular weight excluding hydrogens is 672 g/mol. The number of pyridine rings is 1. The van der Waals surface area contributed by atoms with Gasteiger partial charge in [-0.25, -0.2) is 4.98 Å². The Hall–Kier alpha value is -5.22. The molecule has 1 atom stereocenters. The molecule has 9 nitrogen and oxygen atoms in total. The number of rotatable bonds is 7. The number of para-hydroxylation sites is 1. The second-order valence-corrected chi connectivity index (χ2v) is 14.2. The Labute approximate surface area is 308 Å². The number of amides is 2. The summed E-state index contributed by atoms with van der Waals surface area (Å²) >= 11 is 6.67. The molecule has 1 fully saturated rings. The number of aromatic nitrogens is 3. The summed E-state index contributed by atoms with van der Waals surface area (Å²) in [6.07, 6.45) is 4.48. The van der Waals surface area contributed by atoms with Gasteiger partial charge in [0, 0.05) is 91.1 Å². The van der Waals surface area contributed by atoms with E-state index in [0.717, 1.165) is 59.7 Å². The minimum Gasteiger partial charge on any atom is -0.379 e. The third kappa shape index (κ3) is 6.29. The molecule has 0 aliphatic carbocycles. The number of fused-ring (bicyclic) bond motifs is 2. The lowest BCUT2D eigenvalue weighted by Crippen LogP contribution is -2.52. The fourth-order valence-electron chi connectivity index (χ4n) is 7.66. The standard InChI is InChI=1S/C42H41ClN6O3/c1-28-37(42(51)49(33-11-5-4-6-12-33)34-22-30-15-16-45(2)40(30)44-25-34)24-39(46(28)3)38-23-32(43)13-14-36(38)41(50)48-26-31-10-8-7-9-29(31)21-35(48)27-47-17-19-52-20-18-47/h4-16,22-25,35H,17-21,26-27H2,1-3H3/t35-/m0/s1. The highest BCUT2D eigenvalue weighted by molar-refractivity contribution is 6.31. The maximum Gasteiger partial charge on any atom is 0.264 e.